The van der Waals surface area contributed by atoms with Crippen LogP contribution in [0.15, 0.2) is 49.6 Å². The first kappa shape index (κ1) is 21.8. The fourth-order valence-corrected chi connectivity index (χ4v) is 2.67. The third-order valence-electron chi connectivity index (χ3n) is 3.89. The average Bonchev–Trinajstić information content (AvgIpc) is 2.41. The second-order valence-corrected chi connectivity index (χ2v) is 7.47. The van der Waals surface area contributed by atoms with E-state index in [-0.39, 0.29) is 10.8 Å². The minimum Gasteiger partial charge on any atom is -0.386 e. The Labute approximate surface area is 147 Å². The predicted molar refractivity (Wildman–Crippen MR) is 104 cm³/mol. The molecule has 0 aliphatic rings. The molecule has 0 spiro atoms. The lowest BCUT2D eigenvalue weighted by Crippen LogP contribution is -2.41. The third-order valence-corrected chi connectivity index (χ3v) is 3.89. The van der Waals surface area contributed by atoms with Crippen molar-refractivity contribution in [2.45, 2.75) is 40.5 Å². The Kier molecular flexibility index (Phi) is 8.30. The Balaban J connectivity index is 4.58. The highest BCUT2D eigenvalue weighted by atomic mass is 15.1. The first-order valence-electron chi connectivity index (χ1n) is 8.17. The van der Waals surface area contributed by atoms with E-state index in [4.69, 9.17) is 11.5 Å². The van der Waals surface area contributed by atoms with Gasteiger partial charge in [0.15, 0.2) is 0 Å². The zero-order valence-corrected chi connectivity index (χ0v) is 15.8. The number of rotatable bonds is 13. The van der Waals surface area contributed by atoms with Crippen LogP contribution in [0.1, 0.15) is 40.5 Å². The van der Waals surface area contributed by atoms with Crippen LogP contribution in [0.5, 0.6) is 0 Å². The quantitative estimate of drug-likeness (QED) is 0.308. The Hall–Kier alpha value is -2.24. The van der Waals surface area contributed by atoms with Gasteiger partial charge in [-0.2, -0.15) is 0 Å². The molecule has 138 valence electrons. The molecule has 0 amide bonds. The molecule has 0 saturated heterocycles. The van der Waals surface area contributed by atoms with Crippen molar-refractivity contribution in [3.63, 3.8) is 0 Å². The lowest BCUT2D eigenvalue weighted by Gasteiger charge is -2.38. The largest absolute Gasteiger partial charge is 0.386 e. The van der Waals surface area contributed by atoms with Gasteiger partial charge in [0.25, 0.3) is 0 Å². The zero-order valence-electron chi connectivity index (χ0n) is 15.8. The Morgan fingerprint density at radius 3 is 1.62 bits per heavy atom. The maximum Gasteiger partial charge on any atom is 0.0968 e. The van der Waals surface area contributed by atoms with E-state index in [1.165, 1.54) is 0 Å². The average molecular weight is 337 g/mol. The van der Waals surface area contributed by atoms with Crippen molar-refractivity contribution in [2.24, 2.45) is 22.3 Å². The molecule has 0 aromatic heterocycles. The summed E-state index contributed by atoms with van der Waals surface area (Å²) >= 11 is 0. The molecule has 0 aromatic carbocycles. The maximum absolute atomic E-state index is 5.53. The fourth-order valence-electron chi connectivity index (χ4n) is 2.67. The van der Waals surface area contributed by atoms with Gasteiger partial charge in [0, 0.05) is 13.1 Å². The minimum absolute atomic E-state index is 0.0687. The van der Waals surface area contributed by atoms with Crippen LogP contribution in [0.4, 0.5) is 0 Å². The molecule has 0 radical (unpaired) electrons. The standard InChI is InChI=1S/C18H36N6/c1-9-18(8,12-22-16(5)24-14(3)20)10-17(6,7)11-21-15(4)23-13(2)19/h21-24H,2-5,9-12,19-20H2,1,6-8H3. The molecule has 0 aromatic rings. The summed E-state index contributed by atoms with van der Waals surface area (Å²) in [5, 5.41) is 12.3. The van der Waals surface area contributed by atoms with Crippen LogP contribution in [0.25, 0.3) is 0 Å². The van der Waals surface area contributed by atoms with Gasteiger partial charge in [0.1, 0.15) is 0 Å². The van der Waals surface area contributed by atoms with Gasteiger partial charge in [-0.05, 0) is 23.7 Å². The molecule has 0 fully saturated rings. The lowest BCUT2D eigenvalue weighted by atomic mass is 9.72. The molecule has 6 nitrogen and oxygen atoms in total. The van der Waals surface area contributed by atoms with E-state index < -0.39 is 0 Å². The van der Waals surface area contributed by atoms with Crippen molar-refractivity contribution >= 4 is 0 Å². The van der Waals surface area contributed by atoms with Crippen molar-refractivity contribution in [3.05, 3.63) is 49.6 Å². The molecule has 0 bridgehead atoms. The van der Waals surface area contributed by atoms with E-state index in [0.717, 1.165) is 25.9 Å². The van der Waals surface area contributed by atoms with Gasteiger partial charge in [-0.25, -0.2) is 0 Å². The zero-order chi connectivity index (χ0) is 19.0. The minimum atomic E-state index is 0.0687. The summed E-state index contributed by atoms with van der Waals surface area (Å²) in [5.74, 6) is 2.08. The van der Waals surface area contributed by atoms with Crippen molar-refractivity contribution in [2.75, 3.05) is 13.1 Å². The molecule has 1 atom stereocenters. The number of nitrogens with one attached hydrogen (secondary N) is 4. The van der Waals surface area contributed by atoms with E-state index in [1.54, 1.807) is 0 Å². The Bertz CT molecular complexity index is 480. The highest BCUT2D eigenvalue weighted by molar-refractivity contribution is 5.02. The molecule has 0 heterocycles. The van der Waals surface area contributed by atoms with E-state index in [2.05, 4.69) is 75.3 Å². The molecule has 24 heavy (non-hydrogen) atoms. The molecule has 8 N–H and O–H groups in total. The van der Waals surface area contributed by atoms with Gasteiger partial charge < -0.3 is 32.7 Å². The first-order valence-corrected chi connectivity index (χ1v) is 8.17. The van der Waals surface area contributed by atoms with Crippen LogP contribution in [0.2, 0.25) is 0 Å². The third kappa shape index (κ3) is 9.71. The van der Waals surface area contributed by atoms with Gasteiger partial charge in [-0.15, -0.1) is 0 Å². The second kappa shape index (κ2) is 9.15. The summed E-state index contributed by atoms with van der Waals surface area (Å²) in [5.41, 5.74) is 11.2. The van der Waals surface area contributed by atoms with Gasteiger partial charge in [0.05, 0.1) is 23.3 Å². The Morgan fingerprint density at radius 2 is 1.25 bits per heavy atom. The molecule has 6 heteroatoms. The highest BCUT2D eigenvalue weighted by Crippen LogP contribution is 2.35. The number of hydrogen-bond donors (Lipinski definition) is 6. The van der Waals surface area contributed by atoms with E-state index in [0.29, 0.717) is 23.3 Å². The van der Waals surface area contributed by atoms with Crippen molar-refractivity contribution in [3.8, 4) is 0 Å². The van der Waals surface area contributed by atoms with E-state index >= 15 is 0 Å². The van der Waals surface area contributed by atoms with Gasteiger partial charge in [0.2, 0.25) is 0 Å². The summed E-state index contributed by atoms with van der Waals surface area (Å²) in [6.07, 6.45) is 2.06. The smallest absolute Gasteiger partial charge is 0.0968 e. The summed E-state index contributed by atoms with van der Waals surface area (Å²) in [7, 11) is 0. The molecule has 1 unspecified atom stereocenters. The van der Waals surface area contributed by atoms with Gasteiger partial charge >= 0.3 is 0 Å². The summed E-state index contributed by atoms with van der Waals surface area (Å²) in [6.45, 7) is 25.5. The molecule has 0 saturated carbocycles. The molecular weight excluding hydrogens is 300 g/mol. The lowest BCUT2D eigenvalue weighted by molar-refractivity contribution is 0.166. The van der Waals surface area contributed by atoms with E-state index in [9.17, 15) is 0 Å². The Morgan fingerprint density at radius 1 is 0.833 bits per heavy atom. The van der Waals surface area contributed by atoms with Crippen molar-refractivity contribution in [1.82, 2.24) is 21.3 Å². The van der Waals surface area contributed by atoms with Gasteiger partial charge in [-0.3, -0.25) is 0 Å². The molecule has 0 aliphatic heterocycles. The second-order valence-electron chi connectivity index (χ2n) is 7.47. The monoisotopic (exact) mass is 336 g/mol. The van der Waals surface area contributed by atoms with E-state index in [1.807, 2.05) is 0 Å². The van der Waals surface area contributed by atoms with Gasteiger partial charge in [-0.1, -0.05) is 54.0 Å². The van der Waals surface area contributed by atoms with Crippen LogP contribution < -0.4 is 32.7 Å². The molecule has 0 aliphatic carbocycles. The summed E-state index contributed by atoms with van der Waals surface area (Å²) < 4.78 is 0. The van der Waals surface area contributed by atoms with Crippen molar-refractivity contribution < 1.29 is 0 Å². The summed E-state index contributed by atoms with van der Waals surface area (Å²) in [6, 6.07) is 0. The number of nitrogens with two attached hydrogens (primary N) is 2. The van der Waals surface area contributed by atoms with Crippen LogP contribution in [0, 0.1) is 10.8 Å². The molecule has 0 rings (SSSR count). The van der Waals surface area contributed by atoms with Crippen molar-refractivity contribution in [1.29, 1.82) is 0 Å². The SMILES string of the molecule is C=C(N)NC(=C)NCC(C)(C)CC(C)(CC)CNC(=C)NC(=C)N. The topological polar surface area (TPSA) is 100 Å². The first-order chi connectivity index (χ1) is 10.9. The summed E-state index contributed by atoms with van der Waals surface area (Å²) in [4.78, 5) is 0. The number of hydrogen-bond acceptors (Lipinski definition) is 6. The van der Waals surface area contributed by atoms with Crippen LogP contribution >= 0.6 is 0 Å². The fraction of sp³-hybridized carbons (Fsp3) is 0.556. The normalized spacial score (nSPS) is 13.3. The van der Waals surface area contributed by atoms with Crippen LogP contribution in [-0.4, -0.2) is 13.1 Å². The van der Waals surface area contributed by atoms with Crippen LogP contribution in [-0.2, 0) is 0 Å². The highest BCUT2D eigenvalue weighted by Gasteiger charge is 2.31. The maximum atomic E-state index is 5.53. The molecular formula is C18H36N6. The van der Waals surface area contributed by atoms with Crippen LogP contribution in [0.3, 0.4) is 0 Å². The predicted octanol–water partition coefficient (Wildman–Crippen LogP) is 1.98.